The third-order valence-electron chi connectivity index (χ3n) is 1.64. The summed E-state index contributed by atoms with van der Waals surface area (Å²) in [5, 5.41) is 25.7. The summed E-state index contributed by atoms with van der Waals surface area (Å²) in [6.07, 6.45) is 0.683. The fourth-order valence-electron chi connectivity index (χ4n) is 0.991. The molecule has 0 aromatic carbocycles. The van der Waals surface area contributed by atoms with Crippen molar-refractivity contribution in [2.24, 2.45) is 0 Å². The van der Waals surface area contributed by atoms with Crippen molar-refractivity contribution in [3.8, 4) is 0 Å². The van der Waals surface area contributed by atoms with Crippen LogP contribution >= 0.6 is 0 Å². The van der Waals surface area contributed by atoms with Gasteiger partial charge in [0.1, 0.15) is 0 Å². The Morgan fingerprint density at radius 1 is 1.00 bits per heavy atom. The van der Waals surface area contributed by atoms with Gasteiger partial charge >= 0.3 is 0 Å². The van der Waals surface area contributed by atoms with Crippen LogP contribution in [0.3, 0.4) is 0 Å². The lowest BCUT2D eigenvalue weighted by Gasteiger charge is -2.20. The first-order valence-electron chi connectivity index (χ1n) is 4.36. The Morgan fingerprint density at radius 3 is 1.92 bits per heavy atom. The molecule has 1 amide bonds. The first-order valence-corrected chi connectivity index (χ1v) is 4.36. The van der Waals surface area contributed by atoms with Crippen LogP contribution in [0.2, 0.25) is 0 Å². The molecule has 3 N–H and O–H groups in total. The molecule has 0 aliphatic rings. The van der Waals surface area contributed by atoms with Crippen LogP contribution in [0.1, 0.15) is 12.8 Å². The number of hydrogen-bond donors (Lipinski definition) is 3. The molecule has 78 valence electrons. The van der Waals surface area contributed by atoms with Gasteiger partial charge in [-0.25, -0.2) is 0 Å². The van der Waals surface area contributed by atoms with Crippen molar-refractivity contribution in [2.75, 3.05) is 32.9 Å². The van der Waals surface area contributed by atoms with Crippen LogP contribution in [0.4, 0.5) is 0 Å². The summed E-state index contributed by atoms with van der Waals surface area (Å²) >= 11 is 0. The van der Waals surface area contributed by atoms with E-state index < -0.39 is 0 Å². The summed E-state index contributed by atoms with van der Waals surface area (Å²) in [4.78, 5) is 12.7. The second kappa shape index (κ2) is 7.97. The Morgan fingerprint density at radius 2 is 1.54 bits per heavy atom. The minimum Gasteiger partial charge on any atom is -0.396 e. The molecule has 13 heavy (non-hydrogen) atoms. The summed E-state index contributed by atoms with van der Waals surface area (Å²) in [6.45, 7) is 0.253. The summed E-state index contributed by atoms with van der Waals surface area (Å²) < 4.78 is 0. The molecule has 0 aromatic heterocycles. The molecule has 0 heterocycles. The standard InChI is InChI=1S/C8H17NO4/c10-5-1-2-8(13)9(3-6-11)4-7-12/h10-12H,1-7H2. The van der Waals surface area contributed by atoms with Gasteiger partial charge in [-0.15, -0.1) is 0 Å². The predicted octanol–water partition coefficient (Wildman–Crippen LogP) is -1.43. The molecular formula is C8H17NO4. The van der Waals surface area contributed by atoms with E-state index in [-0.39, 0.29) is 45.2 Å². The quantitative estimate of drug-likeness (QED) is 0.461. The van der Waals surface area contributed by atoms with E-state index in [9.17, 15) is 4.79 Å². The lowest BCUT2D eigenvalue weighted by atomic mass is 10.3. The zero-order valence-electron chi connectivity index (χ0n) is 7.65. The predicted molar refractivity (Wildman–Crippen MR) is 47.1 cm³/mol. The van der Waals surface area contributed by atoms with E-state index in [0.717, 1.165) is 0 Å². The van der Waals surface area contributed by atoms with E-state index >= 15 is 0 Å². The monoisotopic (exact) mass is 191 g/mol. The van der Waals surface area contributed by atoms with Crippen LogP contribution in [0, 0.1) is 0 Å². The smallest absolute Gasteiger partial charge is 0.222 e. The number of carbonyl (C=O) groups excluding carboxylic acids is 1. The average molecular weight is 191 g/mol. The largest absolute Gasteiger partial charge is 0.396 e. The SMILES string of the molecule is O=C(CCCO)N(CCO)CCO. The molecular weight excluding hydrogens is 174 g/mol. The normalized spacial score (nSPS) is 10.1. The second-order valence-corrected chi connectivity index (χ2v) is 2.66. The summed E-state index contributed by atoms with van der Waals surface area (Å²) in [7, 11) is 0. The van der Waals surface area contributed by atoms with E-state index in [0.29, 0.717) is 6.42 Å². The number of carbonyl (C=O) groups is 1. The van der Waals surface area contributed by atoms with E-state index in [4.69, 9.17) is 15.3 Å². The van der Waals surface area contributed by atoms with E-state index in [1.165, 1.54) is 4.90 Å². The molecule has 0 unspecified atom stereocenters. The maximum Gasteiger partial charge on any atom is 0.222 e. The molecule has 0 spiro atoms. The van der Waals surface area contributed by atoms with Crippen LogP contribution in [0.5, 0.6) is 0 Å². The molecule has 0 saturated heterocycles. The van der Waals surface area contributed by atoms with Gasteiger partial charge in [0.25, 0.3) is 0 Å². The molecule has 0 aliphatic heterocycles. The summed E-state index contributed by atoms with van der Waals surface area (Å²) in [6, 6.07) is 0. The molecule has 0 fully saturated rings. The molecule has 0 bridgehead atoms. The minimum absolute atomic E-state index is 0.0160. The average Bonchev–Trinajstić information content (AvgIpc) is 2.14. The highest BCUT2D eigenvalue weighted by atomic mass is 16.3. The maximum atomic E-state index is 11.3. The van der Waals surface area contributed by atoms with Gasteiger partial charge in [-0.2, -0.15) is 0 Å². The highest BCUT2D eigenvalue weighted by Crippen LogP contribution is 1.96. The first kappa shape index (κ1) is 12.3. The Balaban J connectivity index is 3.80. The fraction of sp³-hybridized carbons (Fsp3) is 0.875. The van der Waals surface area contributed by atoms with Crippen molar-refractivity contribution in [1.29, 1.82) is 0 Å². The van der Waals surface area contributed by atoms with E-state index in [1.54, 1.807) is 0 Å². The minimum atomic E-state index is -0.142. The number of aliphatic hydroxyl groups excluding tert-OH is 3. The highest BCUT2D eigenvalue weighted by Gasteiger charge is 2.10. The van der Waals surface area contributed by atoms with Gasteiger partial charge in [0.15, 0.2) is 0 Å². The third-order valence-corrected chi connectivity index (χ3v) is 1.64. The number of aliphatic hydroxyl groups is 3. The van der Waals surface area contributed by atoms with Crippen molar-refractivity contribution in [2.45, 2.75) is 12.8 Å². The highest BCUT2D eigenvalue weighted by molar-refractivity contribution is 5.76. The van der Waals surface area contributed by atoms with Crippen molar-refractivity contribution >= 4 is 5.91 Å². The third kappa shape index (κ3) is 5.57. The second-order valence-electron chi connectivity index (χ2n) is 2.66. The summed E-state index contributed by atoms with van der Waals surface area (Å²) in [5.41, 5.74) is 0. The van der Waals surface area contributed by atoms with Crippen molar-refractivity contribution in [1.82, 2.24) is 4.90 Å². The first-order chi connectivity index (χ1) is 6.26. The van der Waals surface area contributed by atoms with Crippen LogP contribution in [0.25, 0.3) is 0 Å². The van der Waals surface area contributed by atoms with Crippen molar-refractivity contribution in [3.63, 3.8) is 0 Å². The van der Waals surface area contributed by atoms with Gasteiger partial charge in [0, 0.05) is 26.1 Å². The molecule has 0 atom stereocenters. The van der Waals surface area contributed by atoms with Crippen LogP contribution in [-0.2, 0) is 4.79 Å². The lowest BCUT2D eigenvalue weighted by Crippen LogP contribution is -2.35. The zero-order valence-corrected chi connectivity index (χ0v) is 7.65. The van der Waals surface area contributed by atoms with E-state index in [1.807, 2.05) is 0 Å². The topological polar surface area (TPSA) is 81.0 Å². The Bertz CT molecular complexity index is 134. The number of amides is 1. The zero-order chi connectivity index (χ0) is 10.1. The molecule has 5 heteroatoms. The number of nitrogens with zero attached hydrogens (tertiary/aromatic N) is 1. The van der Waals surface area contributed by atoms with Gasteiger partial charge in [0.05, 0.1) is 13.2 Å². The Hall–Kier alpha value is -0.650. The Kier molecular flexibility index (Phi) is 7.57. The van der Waals surface area contributed by atoms with E-state index in [2.05, 4.69) is 0 Å². The van der Waals surface area contributed by atoms with Gasteiger partial charge in [-0.3, -0.25) is 4.79 Å². The molecule has 5 nitrogen and oxygen atoms in total. The van der Waals surface area contributed by atoms with Gasteiger partial charge in [0.2, 0.25) is 5.91 Å². The lowest BCUT2D eigenvalue weighted by molar-refractivity contribution is -0.132. The number of hydrogen-bond acceptors (Lipinski definition) is 4. The molecule has 0 aliphatic carbocycles. The van der Waals surface area contributed by atoms with Crippen molar-refractivity contribution in [3.05, 3.63) is 0 Å². The van der Waals surface area contributed by atoms with Crippen LogP contribution in [-0.4, -0.2) is 59.0 Å². The Labute approximate surface area is 77.6 Å². The molecule has 0 aromatic rings. The van der Waals surface area contributed by atoms with Gasteiger partial charge in [-0.1, -0.05) is 0 Å². The summed E-state index contributed by atoms with van der Waals surface area (Å²) in [5.74, 6) is -0.142. The van der Waals surface area contributed by atoms with Crippen LogP contribution in [0.15, 0.2) is 0 Å². The molecule has 0 radical (unpaired) electrons. The van der Waals surface area contributed by atoms with Gasteiger partial charge < -0.3 is 20.2 Å². The molecule has 0 rings (SSSR count). The maximum absolute atomic E-state index is 11.3. The molecule has 0 saturated carbocycles. The fourth-order valence-corrected chi connectivity index (χ4v) is 0.991. The van der Waals surface area contributed by atoms with Crippen molar-refractivity contribution < 1.29 is 20.1 Å². The van der Waals surface area contributed by atoms with Gasteiger partial charge in [-0.05, 0) is 6.42 Å². The number of rotatable bonds is 7. The van der Waals surface area contributed by atoms with Crippen LogP contribution < -0.4 is 0 Å².